The summed E-state index contributed by atoms with van der Waals surface area (Å²) in [4.78, 5) is 23.2. The summed E-state index contributed by atoms with van der Waals surface area (Å²) >= 11 is 1.39. The van der Waals surface area contributed by atoms with Gasteiger partial charge in [-0.3, -0.25) is 9.59 Å². The molecule has 0 aliphatic rings. The molecule has 0 atom stereocenters. The van der Waals surface area contributed by atoms with Gasteiger partial charge in [-0.25, -0.2) is 4.39 Å². The zero-order valence-corrected chi connectivity index (χ0v) is 14.3. The molecule has 0 fully saturated rings. The predicted molar refractivity (Wildman–Crippen MR) is 95.6 cm³/mol. The Bertz CT molecular complexity index is 845. The summed E-state index contributed by atoms with van der Waals surface area (Å²) in [5, 5.41) is 11.3. The number of nitriles is 1. The number of halogens is 1. The number of benzene rings is 2. The smallest absolute Gasteiger partial charge is 0.248 e. The van der Waals surface area contributed by atoms with Gasteiger partial charge in [0, 0.05) is 22.6 Å². The van der Waals surface area contributed by atoms with Crippen LogP contribution in [-0.4, -0.2) is 17.6 Å². The highest BCUT2D eigenvalue weighted by Crippen LogP contribution is 2.21. The molecule has 2 amide bonds. The van der Waals surface area contributed by atoms with Crippen LogP contribution in [0.4, 0.5) is 10.1 Å². The molecule has 25 heavy (non-hydrogen) atoms. The van der Waals surface area contributed by atoms with Crippen molar-refractivity contribution < 1.29 is 14.0 Å². The third kappa shape index (κ3) is 5.06. The predicted octanol–water partition coefficient (Wildman–Crippen LogP) is 2.98. The molecule has 128 valence electrons. The van der Waals surface area contributed by atoms with E-state index in [-0.39, 0.29) is 28.5 Å². The number of hydrogen-bond donors (Lipinski definition) is 2. The monoisotopic (exact) mass is 357 g/mol. The Labute approximate surface area is 149 Å². The molecule has 0 aliphatic heterocycles. The molecule has 7 heteroatoms. The van der Waals surface area contributed by atoms with Gasteiger partial charge in [0.15, 0.2) is 0 Å². The summed E-state index contributed by atoms with van der Waals surface area (Å²) in [5.74, 6) is -0.889. The fourth-order valence-electron chi connectivity index (χ4n) is 2.07. The zero-order valence-electron chi connectivity index (χ0n) is 13.5. The van der Waals surface area contributed by atoms with Crippen LogP contribution in [0.2, 0.25) is 0 Å². The number of rotatable bonds is 6. The molecule has 2 aromatic carbocycles. The van der Waals surface area contributed by atoms with E-state index in [1.807, 2.05) is 18.2 Å². The molecule has 0 aromatic heterocycles. The lowest BCUT2D eigenvalue weighted by Gasteiger charge is -2.10. The molecule has 5 nitrogen and oxygen atoms in total. The second kappa shape index (κ2) is 8.31. The van der Waals surface area contributed by atoms with Crippen LogP contribution in [0.15, 0.2) is 36.4 Å². The molecule has 0 spiro atoms. The molecule has 3 N–H and O–H groups in total. The average Bonchev–Trinajstić information content (AvgIpc) is 2.59. The van der Waals surface area contributed by atoms with Crippen LogP contribution >= 0.6 is 11.8 Å². The topological polar surface area (TPSA) is 96.0 Å². The minimum atomic E-state index is -0.760. The SMILES string of the molecule is Cc1c(F)cc(C(N)=O)cc1NC(=O)CSCc1ccc(C#N)cc1. The van der Waals surface area contributed by atoms with Crippen molar-refractivity contribution in [3.63, 3.8) is 0 Å². The highest BCUT2D eigenvalue weighted by Gasteiger charge is 2.12. The lowest BCUT2D eigenvalue weighted by molar-refractivity contribution is -0.113. The van der Waals surface area contributed by atoms with Crippen molar-refractivity contribution >= 4 is 29.3 Å². The summed E-state index contributed by atoms with van der Waals surface area (Å²) in [6.45, 7) is 1.51. The molecular weight excluding hydrogens is 341 g/mol. The normalized spacial score (nSPS) is 10.1. The van der Waals surface area contributed by atoms with E-state index in [9.17, 15) is 14.0 Å². The number of anilines is 1. The first-order valence-electron chi connectivity index (χ1n) is 7.37. The fraction of sp³-hybridized carbons (Fsp3) is 0.167. The van der Waals surface area contributed by atoms with Crippen molar-refractivity contribution in [1.82, 2.24) is 0 Å². The van der Waals surface area contributed by atoms with Gasteiger partial charge < -0.3 is 11.1 Å². The van der Waals surface area contributed by atoms with E-state index in [4.69, 9.17) is 11.0 Å². The highest BCUT2D eigenvalue weighted by atomic mass is 32.2. The maximum absolute atomic E-state index is 13.8. The first-order chi connectivity index (χ1) is 11.9. The Hall–Kier alpha value is -2.85. The van der Waals surface area contributed by atoms with Gasteiger partial charge in [-0.2, -0.15) is 5.26 Å². The minimum Gasteiger partial charge on any atom is -0.366 e. The summed E-state index contributed by atoms with van der Waals surface area (Å²) in [7, 11) is 0. The second-order valence-corrected chi connectivity index (χ2v) is 6.33. The van der Waals surface area contributed by atoms with E-state index >= 15 is 0 Å². The van der Waals surface area contributed by atoms with E-state index in [1.165, 1.54) is 24.8 Å². The number of hydrogen-bond acceptors (Lipinski definition) is 4. The van der Waals surface area contributed by atoms with Crippen LogP contribution in [0.1, 0.15) is 27.0 Å². The Morgan fingerprint density at radius 1 is 1.28 bits per heavy atom. The highest BCUT2D eigenvalue weighted by molar-refractivity contribution is 7.99. The molecular formula is C18H16FN3O2S. The average molecular weight is 357 g/mol. The van der Waals surface area contributed by atoms with Gasteiger partial charge in [-0.15, -0.1) is 11.8 Å². The van der Waals surface area contributed by atoms with E-state index in [1.54, 1.807) is 12.1 Å². The number of nitrogens with two attached hydrogens (primary N) is 1. The number of nitrogens with one attached hydrogen (secondary N) is 1. The van der Waals surface area contributed by atoms with Crippen molar-refractivity contribution in [1.29, 1.82) is 5.26 Å². The lowest BCUT2D eigenvalue weighted by atomic mass is 10.1. The molecule has 0 heterocycles. The summed E-state index contributed by atoms with van der Waals surface area (Å²) in [6, 6.07) is 11.6. The molecule has 0 unspecified atom stereocenters. The van der Waals surface area contributed by atoms with Crippen molar-refractivity contribution in [2.24, 2.45) is 5.73 Å². The van der Waals surface area contributed by atoms with Gasteiger partial charge in [-0.1, -0.05) is 12.1 Å². The molecule has 0 bridgehead atoms. The lowest BCUT2D eigenvalue weighted by Crippen LogP contribution is -2.17. The van der Waals surface area contributed by atoms with Gasteiger partial charge >= 0.3 is 0 Å². The second-order valence-electron chi connectivity index (χ2n) is 5.34. The van der Waals surface area contributed by atoms with Gasteiger partial charge in [0.2, 0.25) is 11.8 Å². The quantitative estimate of drug-likeness (QED) is 0.831. The number of amides is 2. The summed E-state index contributed by atoms with van der Waals surface area (Å²) in [6.07, 6.45) is 0. The standard InChI is InChI=1S/C18H16FN3O2S/c1-11-15(19)6-14(18(21)24)7-16(11)22-17(23)10-25-9-13-4-2-12(8-20)3-5-13/h2-7H,9-10H2,1H3,(H2,21,24)(H,22,23). The van der Waals surface area contributed by atoms with Crippen molar-refractivity contribution in [3.05, 3.63) is 64.5 Å². The maximum Gasteiger partial charge on any atom is 0.248 e. The minimum absolute atomic E-state index is 0.00337. The van der Waals surface area contributed by atoms with E-state index in [0.717, 1.165) is 11.6 Å². The molecule has 2 aromatic rings. The Balaban J connectivity index is 1.94. The van der Waals surface area contributed by atoms with Crippen molar-refractivity contribution in [3.8, 4) is 6.07 Å². The van der Waals surface area contributed by atoms with Crippen LogP contribution in [-0.2, 0) is 10.5 Å². The van der Waals surface area contributed by atoms with Gasteiger partial charge in [0.05, 0.1) is 17.4 Å². The van der Waals surface area contributed by atoms with Crippen LogP contribution in [0, 0.1) is 24.1 Å². The number of nitrogens with zero attached hydrogens (tertiary/aromatic N) is 1. The van der Waals surface area contributed by atoms with Crippen LogP contribution < -0.4 is 11.1 Å². The van der Waals surface area contributed by atoms with Crippen molar-refractivity contribution in [2.45, 2.75) is 12.7 Å². The van der Waals surface area contributed by atoms with Crippen LogP contribution in [0.25, 0.3) is 0 Å². The number of carbonyl (C=O) groups is 2. The first kappa shape index (κ1) is 18.5. The van der Waals surface area contributed by atoms with Gasteiger partial charge in [-0.05, 0) is 36.8 Å². The third-order valence-electron chi connectivity index (χ3n) is 3.49. The first-order valence-corrected chi connectivity index (χ1v) is 8.52. The molecule has 0 aliphatic carbocycles. The van der Waals surface area contributed by atoms with Crippen molar-refractivity contribution in [2.75, 3.05) is 11.1 Å². The molecule has 2 rings (SSSR count). The number of thioether (sulfide) groups is 1. The largest absolute Gasteiger partial charge is 0.366 e. The Morgan fingerprint density at radius 2 is 1.96 bits per heavy atom. The summed E-state index contributed by atoms with van der Waals surface area (Å²) < 4.78 is 13.8. The molecule has 0 saturated carbocycles. The Morgan fingerprint density at radius 3 is 2.56 bits per heavy atom. The molecule has 0 saturated heterocycles. The molecule has 0 radical (unpaired) electrons. The summed E-state index contributed by atoms with van der Waals surface area (Å²) in [5.41, 5.74) is 7.22. The van der Waals surface area contributed by atoms with Gasteiger partial charge in [0.25, 0.3) is 0 Å². The van der Waals surface area contributed by atoms with Gasteiger partial charge in [0.1, 0.15) is 5.82 Å². The third-order valence-corrected chi connectivity index (χ3v) is 4.49. The number of primary amides is 1. The fourth-order valence-corrected chi connectivity index (χ4v) is 2.86. The zero-order chi connectivity index (χ0) is 18.4. The van der Waals surface area contributed by atoms with Crippen LogP contribution in [0.5, 0.6) is 0 Å². The maximum atomic E-state index is 13.8. The van der Waals surface area contributed by atoms with E-state index in [2.05, 4.69) is 5.32 Å². The van der Waals surface area contributed by atoms with E-state index < -0.39 is 11.7 Å². The Kier molecular flexibility index (Phi) is 6.14. The van der Waals surface area contributed by atoms with Crippen LogP contribution in [0.3, 0.4) is 0 Å². The number of carbonyl (C=O) groups excluding carboxylic acids is 2. The van der Waals surface area contributed by atoms with E-state index in [0.29, 0.717) is 11.3 Å².